The largest absolute Gasteiger partial charge is 0.374 e. The highest BCUT2D eigenvalue weighted by Crippen LogP contribution is 2.12. The maximum atomic E-state index is 12.5. The van der Waals surface area contributed by atoms with Crippen molar-refractivity contribution in [1.29, 1.82) is 0 Å². The highest BCUT2D eigenvalue weighted by molar-refractivity contribution is 6.30. The van der Waals surface area contributed by atoms with Crippen molar-refractivity contribution in [3.05, 3.63) is 34.9 Å². The quantitative estimate of drug-likeness (QED) is 0.741. The van der Waals surface area contributed by atoms with Crippen molar-refractivity contribution in [2.24, 2.45) is 5.92 Å². The van der Waals surface area contributed by atoms with Crippen LogP contribution >= 0.6 is 11.6 Å². The molecular weight excluding hydrogens is 404 g/mol. The number of amides is 3. The van der Waals surface area contributed by atoms with Gasteiger partial charge in [0, 0.05) is 57.4 Å². The fraction of sp³-hybridized carbons (Fsp3) is 0.636. The van der Waals surface area contributed by atoms with Gasteiger partial charge in [-0.05, 0) is 23.6 Å². The number of piperazine rings is 1. The molecule has 30 heavy (non-hydrogen) atoms. The first-order valence-electron chi connectivity index (χ1n) is 10.8. The van der Waals surface area contributed by atoms with Crippen LogP contribution in [0.3, 0.4) is 0 Å². The van der Waals surface area contributed by atoms with Crippen molar-refractivity contribution in [3.8, 4) is 0 Å². The van der Waals surface area contributed by atoms with Gasteiger partial charge in [-0.3, -0.25) is 9.69 Å². The summed E-state index contributed by atoms with van der Waals surface area (Å²) in [6, 6.07) is 7.26. The van der Waals surface area contributed by atoms with Gasteiger partial charge in [-0.1, -0.05) is 37.6 Å². The lowest BCUT2D eigenvalue weighted by Crippen LogP contribution is -2.55. The monoisotopic (exact) mass is 436 g/mol. The summed E-state index contributed by atoms with van der Waals surface area (Å²) in [5, 5.41) is 3.67. The molecule has 1 aromatic rings. The number of hydrogen-bond donors (Lipinski definition) is 1. The Morgan fingerprint density at radius 2 is 1.77 bits per heavy atom. The van der Waals surface area contributed by atoms with Gasteiger partial charge in [0.25, 0.3) is 0 Å². The highest BCUT2D eigenvalue weighted by atomic mass is 35.5. The van der Waals surface area contributed by atoms with Crippen molar-refractivity contribution >= 4 is 23.5 Å². The van der Waals surface area contributed by atoms with Crippen LogP contribution in [0, 0.1) is 5.92 Å². The van der Waals surface area contributed by atoms with E-state index in [-0.39, 0.29) is 18.0 Å². The summed E-state index contributed by atoms with van der Waals surface area (Å²) < 4.78 is 5.80. The zero-order valence-corrected chi connectivity index (χ0v) is 18.7. The van der Waals surface area contributed by atoms with Crippen molar-refractivity contribution in [2.75, 3.05) is 59.0 Å². The lowest BCUT2D eigenvalue weighted by atomic mass is 10.1. The number of carbonyl (C=O) groups excluding carboxylic acids is 2. The van der Waals surface area contributed by atoms with E-state index in [9.17, 15) is 9.59 Å². The molecule has 0 aromatic heterocycles. The number of nitrogens with zero attached hydrogens (tertiary/aromatic N) is 3. The number of hydrogen-bond acceptors (Lipinski definition) is 4. The van der Waals surface area contributed by atoms with E-state index in [2.05, 4.69) is 24.1 Å². The second-order valence-electron chi connectivity index (χ2n) is 8.50. The third-order valence-electron chi connectivity index (χ3n) is 5.52. The van der Waals surface area contributed by atoms with Gasteiger partial charge in [0.1, 0.15) is 0 Å². The zero-order chi connectivity index (χ0) is 21.5. The van der Waals surface area contributed by atoms with Gasteiger partial charge in [0.2, 0.25) is 5.91 Å². The Morgan fingerprint density at radius 1 is 1.10 bits per heavy atom. The topological polar surface area (TPSA) is 65.1 Å². The van der Waals surface area contributed by atoms with Gasteiger partial charge in [-0.2, -0.15) is 0 Å². The Bertz CT molecular complexity index is 705. The van der Waals surface area contributed by atoms with Crippen LogP contribution in [-0.2, 0) is 16.0 Å². The lowest BCUT2D eigenvalue weighted by Gasteiger charge is -2.36. The molecule has 7 nitrogen and oxygen atoms in total. The van der Waals surface area contributed by atoms with E-state index >= 15 is 0 Å². The third-order valence-corrected chi connectivity index (χ3v) is 5.77. The van der Waals surface area contributed by atoms with Gasteiger partial charge < -0.3 is 19.9 Å². The van der Waals surface area contributed by atoms with Crippen LogP contribution < -0.4 is 5.32 Å². The molecule has 3 rings (SSSR count). The van der Waals surface area contributed by atoms with Crippen molar-refractivity contribution in [1.82, 2.24) is 20.0 Å². The first kappa shape index (κ1) is 22.8. The van der Waals surface area contributed by atoms with Gasteiger partial charge >= 0.3 is 6.03 Å². The molecule has 2 aliphatic rings. The molecule has 0 spiro atoms. The summed E-state index contributed by atoms with van der Waals surface area (Å²) in [4.78, 5) is 31.1. The molecule has 2 fully saturated rings. The summed E-state index contributed by atoms with van der Waals surface area (Å²) in [6.45, 7) is 10.7. The van der Waals surface area contributed by atoms with Crippen molar-refractivity contribution < 1.29 is 14.3 Å². The van der Waals surface area contributed by atoms with E-state index < -0.39 is 0 Å². The van der Waals surface area contributed by atoms with Crippen LogP contribution in [0.4, 0.5) is 4.79 Å². The minimum Gasteiger partial charge on any atom is -0.374 e. The van der Waals surface area contributed by atoms with Crippen molar-refractivity contribution in [3.63, 3.8) is 0 Å². The summed E-state index contributed by atoms with van der Waals surface area (Å²) in [5.41, 5.74) is 0.948. The SMILES string of the molecule is CC(C)CN1CCOC(CNC(=O)N2CCN(C(=O)Cc3ccc(Cl)cc3)CC2)C1. The maximum Gasteiger partial charge on any atom is 0.317 e. The number of morpholine rings is 1. The number of urea groups is 1. The van der Waals surface area contributed by atoms with E-state index in [4.69, 9.17) is 16.3 Å². The molecule has 166 valence electrons. The first-order chi connectivity index (χ1) is 14.4. The van der Waals surface area contributed by atoms with Gasteiger partial charge in [0.05, 0.1) is 19.1 Å². The Kier molecular flexibility index (Phi) is 8.36. The average molecular weight is 437 g/mol. The zero-order valence-electron chi connectivity index (χ0n) is 18.0. The summed E-state index contributed by atoms with van der Waals surface area (Å²) in [5.74, 6) is 0.704. The molecule has 1 atom stereocenters. The predicted octanol–water partition coefficient (Wildman–Crippen LogP) is 2.09. The van der Waals surface area contributed by atoms with Crippen LogP contribution in [0.15, 0.2) is 24.3 Å². The fourth-order valence-electron chi connectivity index (χ4n) is 3.95. The van der Waals surface area contributed by atoms with Crippen LogP contribution in [0.2, 0.25) is 5.02 Å². The summed E-state index contributed by atoms with van der Waals surface area (Å²) >= 11 is 5.90. The van der Waals surface area contributed by atoms with E-state index in [1.54, 1.807) is 17.0 Å². The van der Waals surface area contributed by atoms with Crippen LogP contribution in [-0.4, -0.2) is 91.7 Å². The van der Waals surface area contributed by atoms with Crippen LogP contribution in [0.5, 0.6) is 0 Å². The second kappa shape index (κ2) is 11.0. The predicted molar refractivity (Wildman–Crippen MR) is 118 cm³/mol. The number of nitrogens with one attached hydrogen (secondary N) is 1. The highest BCUT2D eigenvalue weighted by Gasteiger charge is 2.26. The summed E-state index contributed by atoms with van der Waals surface area (Å²) in [7, 11) is 0. The Hall–Kier alpha value is -1.83. The smallest absolute Gasteiger partial charge is 0.317 e. The van der Waals surface area contributed by atoms with Gasteiger partial charge in [-0.25, -0.2) is 4.79 Å². The molecule has 1 aromatic carbocycles. The third kappa shape index (κ3) is 6.86. The Labute approximate surface area is 184 Å². The van der Waals surface area contributed by atoms with Crippen LogP contribution in [0.1, 0.15) is 19.4 Å². The van der Waals surface area contributed by atoms with Gasteiger partial charge in [-0.15, -0.1) is 0 Å². The minimum atomic E-state index is -0.0793. The molecule has 3 amide bonds. The van der Waals surface area contributed by atoms with E-state index in [1.807, 2.05) is 17.0 Å². The second-order valence-corrected chi connectivity index (χ2v) is 8.94. The van der Waals surface area contributed by atoms with E-state index in [0.29, 0.717) is 56.7 Å². The number of carbonyl (C=O) groups is 2. The molecule has 2 heterocycles. The van der Waals surface area contributed by atoms with E-state index in [0.717, 1.165) is 25.2 Å². The number of halogens is 1. The number of ether oxygens (including phenoxy) is 1. The lowest BCUT2D eigenvalue weighted by molar-refractivity contribution is -0.131. The molecule has 2 aliphatic heterocycles. The van der Waals surface area contributed by atoms with Crippen LogP contribution in [0.25, 0.3) is 0 Å². The normalized spacial score (nSPS) is 20.5. The molecule has 0 aliphatic carbocycles. The summed E-state index contributed by atoms with van der Waals surface area (Å²) in [6.07, 6.45) is 0.388. The molecule has 0 bridgehead atoms. The molecule has 1 unspecified atom stereocenters. The molecule has 0 radical (unpaired) electrons. The molecule has 0 saturated carbocycles. The molecule has 2 saturated heterocycles. The maximum absolute atomic E-state index is 12.5. The first-order valence-corrected chi connectivity index (χ1v) is 11.2. The minimum absolute atomic E-state index is 0.0312. The fourth-order valence-corrected chi connectivity index (χ4v) is 4.07. The van der Waals surface area contributed by atoms with Crippen molar-refractivity contribution in [2.45, 2.75) is 26.4 Å². The molecular formula is C22H33ClN4O3. The standard InChI is InChI=1S/C22H33ClN4O3/c1-17(2)15-25-11-12-30-20(16-25)14-24-22(29)27-9-7-26(8-10-27)21(28)13-18-3-5-19(23)6-4-18/h3-6,17,20H,7-16H2,1-2H3,(H,24,29). The van der Waals surface area contributed by atoms with E-state index in [1.165, 1.54) is 0 Å². The average Bonchev–Trinajstić information content (AvgIpc) is 2.73. The van der Waals surface area contributed by atoms with Gasteiger partial charge in [0.15, 0.2) is 0 Å². The molecule has 1 N–H and O–H groups in total. The number of benzene rings is 1. The number of rotatable bonds is 6. The molecule has 8 heteroatoms. The Morgan fingerprint density at radius 3 is 2.43 bits per heavy atom. The Balaban J connectivity index is 1.37.